The van der Waals surface area contributed by atoms with E-state index in [0.29, 0.717) is 27.6 Å². The molecule has 0 amide bonds. The standard InChI is InChI=1S/C14H12ClNO4/c1-9-6-12(16(18)19)3-5-13(9)20-14-4-2-11(15)7-10(14)8-17/h2-7,17H,8H2,1H3. The van der Waals surface area contributed by atoms with Crippen molar-refractivity contribution in [3.8, 4) is 11.5 Å². The van der Waals surface area contributed by atoms with Crippen molar-refractivity contribution in [1.29, 1.82) is 0 Å². The fourth-order valence-corrected chi connectivity index (χ4v) is 1.95. The van der Waals surface area contributed by atoms with Gasteiger partial charge in [0.05, 0.1) is 11.5 Å². The molecular weight excluding hydrogens is 282 g/mol. The maximum atomic E-state index is 10.7. The number of aryl methyl sites for hydroxylation is 1. The number of nitrogens with zero attached hydrogens (tertiary/aromatic N) is 1. The summed E-state index contributed by atoms with van der Waals surface area (Å²) in [6.45, 7) is 1.51. The lowest BCUT2D eigenvalue weighted by Crippen LogP contribution is -1.95. The van der Waals surface area contributed by atoms with E-state index < -0.39 is 4.92 Å². The van der Waals surface area contributed by atoms with Crippen LogP contribution in [0.3, 0.4) is 0 Å². The predicted octanol–water partition coefficient (Wildman–Crippen LogP) is 3.84. The summed E-state index contributed by atoms with van der Waals surface area (Å²) in [6, 6.07) is 9.24. The molecule has 0 aliphatic carbocycles. The smallest absolute Gasteiger partial charge is 0.269 e. The van der Waals surface area contributed by atoms with Crippen LogP contribution in [0.1, 0.15) is 11.1 Å². The third kappa shape index (κ3) is 3.07. The molecule has 0 aliphatic rings. The zero-order valence-corrected chi connectivity index (χ0v) is 11.4. The first-order valence-corrected chi connectivity index (χ1v) is 6.21. The second-order valence-corrected chi connectivity index (χ2v) is 4.66. The van der Waals surface area contributed by atoms with Gasteiger partial charge in [0.1, 0.15) is 11.5 Å². The largest absolute Gasteiger partial charge is 0.457 e. The van der Waals surface area contributed by atoms with Crippen LogP contribution in [0.2, 0.25) is 5.02 Å². The van der Waals surface area contributed by atoms with E-state index in [1.807, 2.05) is 0 Å². The first-order valence-electron chi connectivity index (χ1n) is 5.83. The first-order chi connectivity index (χ1) is 9.51. The van der Waals surface area contributed by atoms with Gasteiger partial charge >= 0.3 is 0 Å². The molecule has 0 radical (unpaired) electrons. The topological polar surface area (TPSA) is 72.6 Å². The van der Waals surface area contributed by atoms with Crippen molar-refractivity contribution in [2.24, 2.45) is 0 Å². The second kappa shape index (κ2) is 5.90. The molecule has 0 unspecified atom stereocenters. The molecule has 6 heteroatoms. The molecule has 2 aromatic carbocycles. The van der Waals surface area contributed by atoms with Gasteiger partial charge in [-0.25, -0.2) is 0 Å². The minimum atomic E-state index is -0.460. The van der Waals surface area contributed by atoms with Crippen LogP contribution in [0.5, 0.6) is 11.5 Å². The fraction of sp³-hybridized carbons (Fsp3) is 0.143. The summed E-state index contributed by atoms with van der Waals surface area (Å²) in [5.74, 6) is 0.960. The number of aliphatic hydroxyl groups is 1. The molecule has 0 spiro atoms. The number of nitro benzene ring substituents is 1. The predicted molar refractivity (Wildman–Crippen MR) is 75.3 cm³/mol. The molecule has 1 N–H and O–H groups in total. The molecule has 20 heavy (non-hydrogen) atoms. The summed E-state index contributed by atoms with van der Waals surface area (Å²) in [7, 11) is 0. The highest BCUT2D eigenvalue weighted by Gasteiger charge is 2.11. The second-order valence-electron chi connectivity index (χ2n) is 4.22. The van der Waals surface area contributed by atoms with E-state index in [4.69, 9.17) is 16.3 Å². The molecule has 0 heterocycles. The highest BCUT2D eigenvalue weighted by Crippen LogP contribution is 2.31. The number of nitro groups is 1. The highest BCUT2D eigenvalue weighted by molar-refractivity contribution is 6.30. The first kappa shape index (κ1) is 14.3. The molecule has 0 saturated carbocycles. The van der Waals surface area contributed by atoms with Gasteiger partial charge in [-0.15, -0.1) is 0 Å². The van der Waals surface area contributed by atoms with E-state index in [2.05, 4.69) is 0 Å². The van der Waals surface area contributed by atoms with Crippen molar-refractivity contribution in [2.75, 3.05) is 0 Å². The molecule has 0 saturated heterocycles. The molecule has 2 aromatic rings. The molecular formula is C14H12ClNO4. The number of rotatable bonds is 4. The summed E-state index contributed by atoms with van der Waals surface area (Å²) < 4.78 is 5.68. The Balaban J connectivity index is 2.33. The zero-order valence-electron chi connectivity index (χ0n) is 10.7. The molecule has 0 bridgehead atoms. The Morgan fingerprint density at radius 1 is 1.25 bits per heavy atom. The van der Waals surface area contributed by atoms with Crippen LogP contribution in [0.15, 0.2) is 36.4 Å². The van der Waals surface area contributed by atoms with Crippen LogP contribution in [0.25, 0.3) is 0 Å². The van der Waals surface area contributed by atoms with E-state index in [0.717, 1.165) is 0 Å². The molecule has 0 aromatic heterocycles. The Kier molecular flexibility index (Phi) is 4.22. The Bertz CT molecular complexity index is 658. The van der Waals surface area contributed by atoms with Crippen molar-refractivity contribution >= 4 is 17.3 Å². The lowest BCUT2D eigenvalue weighted by molar-refractivity contribution is -0.384. The summed E-state index contributed by atoms with van der Waals surface area (Å²) in [5, 5.41) is 20.5. The van der Waals surface area contributed by atoms with E-state index in [1.54, 1.807) is 25.1 Å². The Hall–Kier alpha value is -2.11. The van der Waals surface area contributed by atoms with Crippen molar-refractivity contribution < 1.29 is 14.8 Å². The van der Waals surface area contributed by atoms with Gasteiger partial charge in [0, 0.05) is 22.7 Å². The van der Waals surface area contributed by atoms with Gasteiger partial charge in [-0.3, -0.25) is 10.1 Å². The minimum Gasteiger partial charge on any atom is -0.457 e. The monoisotopic (exact) mass is 293 g/mol. The van der Waals surface area contributed by atoms with E-state index >= 15 is 0 Å². The molecule has 0 fully saturated rings. The maximum Gasteiger partial charge on any atom is 0.269 e. The normalized spacial score (nSPS) is 10.3. The molecule has 104 valence electrons. The number of benzene rings is 2. The highest BCUT2D eigenvalue weighted by atomic mass is 35.5. The van der Waals surface area contributed by atoms with Crippen molar-refractivity contribution in [3.05, 3.63) is 62.7 Å². The third-order valence-corrected chi connectivity index (χ3v) is 3.02. The van der Waals surface area contributed by atoms with Crippen molar-refractivity contribution in [1.82, 2.24) is 0 Å². The van der Waals surface area contributed by atoms with Gasteiger partial charge in [0.2, 0.25) is 0 Å². The summed E-state index contributed by atoms with van der Waals surface area (Å²) in [6.07, 6.45) is 0. The molecule has 5 nitrogen and oxygen atoms in total. The Labute approximate surface area is 120 Å². The van der Waals surface area contributed by atoms with E-state index in [1.165, 1.54) is 18.2 Å². The van der Waals surface area contributed by atoms with Gasteiger partial charge in [0.15, 0.2) is 0 Å². The lowest BCUT2D eigenvalue weighted by Gasteiger charge is -2.12. The Morgan fingerprint density at radius 3 is 2.55 bits per heavy atom. The van der Waals surface area contributed by atoms with Crippen LogP contribution in [0, 0.1) is 17.0 Å². The average Bonchev–Trinajstić information content (AvgIpc) is 2.42. The maximum absolute atomic E-state index is 10.7. The number of halogens is 1. The van der Waals surface area contributed by atoms with Crippen LogP contribution >= 0.6 is 11.6 Å². The summed E-state index contributed by atoms with van der Waals surface area (Å²) >= 11 is 5.84. The SMILES string of the molecule is Cc1cc([N+](=O)[O-])ccc1Oc1ccc(Cl)cc1CO. The number of ether oxygens (including phenoxy) is 1. The van der Waals surface area contributed by atoms with Crippen LogP contribution in [-0.2, 0) is 6.61 Å². The minimum absolute atomic E-state index is 0.00772. The molecule has 0 atom stereocenters. The van der Waals surface area contributed by atoms with Crippen molar-refractivity contribution in [2.45, 2.75) is 13.5 Å². The van der Waals surface area contributed by atoms with Crippen molar-refractivity contribution in [3.63, 3.8) is 0 Å². The quantitative estimate of drug-likeness (QED) is 0.686. The van der Waals surface area contributed by atoms with Gasteiger partial charge in [-0.2, -0.15) is 0 Å². The number of hydrogen-bond acceptors (Lipinski definition) is 4. The Morgan fingerprint density at radius 2 is 1.95 bits per heavy atom. The number of hydrogen-bond donors (Lipinski definition) is 1. The summed E-state index contributed by atoms with van der Waals surface area (Å²) in [5.41, 5.74) is 1.20. The van der Waals surface area contributed by atoms with E-state index in [9.17, 15) is 15.2 Å². The van der Waals surface area contributed by atoms with E-state index in [-0.39, 0.29) is 12.3 Å². The van der Waals surface area contributed by atoms with Crippen LogP contribution in [0.4, 0.5) is 5.69 Å². The molecule has 2 rings (SSSR count). The van der Waals surface area contributed by atoms with Gasteiger partial charge < -0.3 is 9.84 Å². The van der Waals surface area contributed by atoms with Crippen LogP contribution < -0.4 is 4.74 Å². The number of aliphatic hydroxyl groups excluding tert-OH is 1. The van der Waals surface area contributed by atoms with Gasteiger partial charge in [-0.1, -0.05) is 11.6 Å². The fourth-order valence-electron chi connectivity index (χ4n) is 1.75. The zero-order chi connectivity index (χ0) is 14.7. The third-order valence-electron chi connectivity index (χ3n) is 2.78. The van der Waals surface area contributed by atoms with Crippen LogP contribution in [-0.4, -0.2) is 10.0 Å². The number of non-ortho nitro benzene ring substituents is 1. The molecule has 0 aliphatic heterocycles. The summed E-state index contributed by atoms with van der Waals surface area (Å²) in [4.78, 5) is 10.2. The average molecular weight is 294 g/mol. The lowest BCUT2D eigenvalue weighted by atomic mass is 10.2. The van der Waals surface area contributed by atoms with Gasteiger partial charge in [-0.05, 0) is 36.8 Å². The van der Waals surface area contributed by atoms with Gasteiger partial charge in [0.25, 0.3) is 5.69 Å².